The first kappa shape index (κ1) is 11.6. The van der Waals surface area contributed by atoms with Gasteiger partial charge in [-0.05, 0) is 39.5 Å². The van der Waals surface area contributed by atoms with Crippen molar-refractivity contribution in [3.63, 3.8) is 0 Å². The molecule has 0 saturated carbocycles. The van der Waals surface area contributed by atoms with Crippen LogP contribution in [0.25, 0.3) is 0 Å². The molecule has 0 aliphatic rings. The summed E-state index contributed by atoms with van der Waals surface area (Å²) >= 11 is 10.6. The number of nitrogens with one attached hydrogen (secondary N) is 1. The zero-order chi connectivity index (χ0) is 11.5. The lowest BCUT2D eigenvalue weighted by Crippen LogP contribution is -2.10. The van der Waals surface area contributed by atoms with Gasteiger partial charge in [-0.15, -0.1) is 11.3 Å². The number of rotatable bonds is 2. The molecule has 0 radical (unpaired) electrons. The van der Waals surface area contributed by atoms with Crippen LogP contribution in [0.5, 0.6) is 0 Å². The van der Waals surface area contributed by atoms with Crippen LogP contribution in [-0.4, -0.2) is 5.91 Å². The van der Waals surface area contributed by atoms with Gasteiger partial charge in [0.15, 0.2) is 0 Å². The summed E-state index contributed by atoms with van der Waals surface area (Å²) in [6.07, 6.45) is 0. The van der Waals surface area contributed by atoms with E-state index in [2.05, 4.69) is 21.2 Å². The van der Waals surface area contributed by atoms with Crippen molar-refractivity contribution in [3.05, 3.63) is 50.1 Å². The maximum absolute atomic E-state index is 11.9. The summed E-state index contributed by atoms with van der Waals surface area (Å²) in [6.45, 7) is 0. The van der Waals surface area contributed by atoms with Gasteiger partial charge in [0.05, 0.1) is 10.7 Å². The van der Waals surface area contributed by atoms with Crippen molar-refractivity contribution < 1.29 is 4.79 Å². The first-order valence-corrected chi connectivity index (χ1v) is 6.52. The van der Waals surface area contributed by atoms with E-state index in [1.165, 1.54) is 11.3 Å². The highest BCUT2D eigenvalue weighted by Crippen LogP contribution is 2.26. The molecule has 0 aliphatic carbocycles. The predicted octanol–water partition coefficient (Wildman–Crippen LogP) is 4.42. The molecule has 1 aromatic heterocycles. The highest BCUT2D eigenvalue weighted by Gasteiger charge is 2.12. The number of para-hydroxylation sites is 1. The lowest BCUT2D eigenvalue weighted by molar-refractivity contribution is 0.103. The lowest BCUT2D eigenvalue weighted by Gasteiger charge is -2.05. The number of carbonyl (C=O) groups is 1. The Bertz CT molecular complexity index is 526. The first-order chi connectivity index (χ1) is 7.68. The van der Waals surface area contributed by atoms with Gasteiger partial charge in [-0.2, -0.15) is 0 Å². The van der Waals surface area contributed by atoms with E-state index >= 15 is 0 Å². The summed E-state index contributed by atoms with van der Waals surface area (Å²) in [7, 11) is 0. The molecule has 2 nitrogen and oxygen atoms in total. The van der Waals surface area contributed by atoms with Crippen LogP contribution in [0.4, 0.5) is 5.69 Å². The molecule has 2 aromatic rings. The molecule has 0 atom stereocenters. The third kappa shape index (κ3) is 2.45. The Hall–Kier alpha value is -0.840. The molecule has 0 aliphatic heterocycles. The maximum Gasteiger partial charge on any atom is 0.266 e. The Balaban J connectivity index is 2.21. The summed E-state index contributed by atoms with van der Waals surface area (Å²) < 4.78 is 0.794. The van der Waals surface area contributed by atoms with Crippen LogP contribution in [0.2, 0.25) is 5.02 Å². The van der Waals surface area contributed by atoms with Gasteiger partial charge in [0.25, 0.3) is 5.91 Å². The number of anilines is 1. The molecule has 16 heavy (non-hydrogen) atoms. The van der Waals surface area contributed by atoms with E-state index in [1.807, 2.05) is 23.6 Å². The van der Waals surface area contributed by atoms with Crippen LogP contribution in [0.3, 0.4) is 0 Å². The highest BCUT2D eigenvalue weighted by atomic mass is 79.9. The van der Waals surface area contributed by atoms with Crippen molar-refractivity contribution in [2.45, 2.75) is 0 Å². The fraction of sp³-hybridized carbons (Fsp3) is 0. The minimum Gasteiger partial charge on any atom is -0.320 e. The minimum atomic E-state index is -0.157. The fourth-order valence-electron chi connectivity index (χ4n) is 1.20. The molecule has 0 spiro atoms. The molecule has 5 heteroatoms. The Morgan fingerprint density at radius 2 is 2.06 bits per heavy atom. The molecule has 0 unspecified atom stereocenters. The lowest BCUT2D eigenvalue weighted by atomic mass is 10.3. The standard InChI is InChI=1S/C11H7BrClNOS/c12-7-5-6-16-10(7)11(15)14-9-4-2-1-3-8(9)13/h1-6H,(H,14,15). The van der Waals surface area contributed by atoms with Crippen LogP contribution in [0, 0.1) is 0 Å². The minimum absolute atomic E-state index is 0.157. The summed E-state index contributed by atoms with van der Waals surface area (Å²) in [5.74, 6) is -0.157. The number of thiophene rings is 1. The number of hydrogen-bond donors (Lipinski definition) is 1. The molecule has 1 heterocycles. The van der Waals surface area contributed by atoms with Crippen LogP contribution < -0.4 is 5.32 Å². The molecule has 0 fully saturated rings. The summed E-state index contributed by atoms with van der Waals surface area (Å²) in [5, 5.41) is 5.15. The van der Waals surface area contributed by atoms with E-state index in [-0.39, 0.29) is 5.91 Å². The Morgan fingerprint density at radius 3 is 2.69 bits per heavy atom. The third-order valence-electron chi connectivity index (χ3n) is 1.95. The SMILES string of the molecule is O=C(Nc1ccccc1Cl)c1sccc1Br. The summed E-state index contributed by atoms with van der Waals surface area (Å²) in [5.41, 5.74) is 0.620. The van der Waals surface area contributed by atoms with Crippen molar-refractivity contribution in [2.75, 3.05) is 5.32 Å². The third-order valence-corrected chi connectivity index (χ3v) is 4.11. The van der Waals surface area contributed by atoms with Crippen molar-refractivity contribution >= 4 is 50.5 Å². The highest BCUT2D eigenvalue weighted by molar-refractivity contribution is 9.10. The summed E-state index contributed by atoms with van der Waals surface area (Å²) in [4.78, 5) is 12.5. The van der Waals surface area contributed by atoms with Crippen LogP contribution in [-0.2, 0) is 0 Å². The average molecular weight is 317 g/mol. The Kier molecular flexibility index (Phi) is 3.63. The second-order valence-electron chi connectivity index (χ2n) is 3.03. The monoisotopic (exact) mass is 315 g/mol. The molecular weight excluding hydrogens is 310 g/mol. The predicted molar refractivity (Wildman–Crippen MR) is 71.4 cm³/mol. The summed E-state index contributed by atoms with van der Waals surface area (Å²) in [6, 6.07) is 8.98. The number of halogens is 2. The number of amides is 1. The fourth-order valence-corrected chi connectivity index (χ4v) is 2.83. The van der Waals surface area contributed by atoms with Gasteiger partial charge in [-0.25, -0.2) is 0 Å². The number of hydrogen-bond acceptors (Lipinski definition) is 2. The van der Waals surface area contributed by atoms with Gasteiger partial charge in [0.2, 0.25) is 0 Å². The van der Waals surface area contributed by atoms with Crippen LogP contribution >= 0.6 is 38.9 Å². The van der Waals surface area contributed by atoms with Gasteiger partial charge < -0.3 is 5.32 Å². The second-order valence-corrected chi connectivity index (χ2v) is 5.21. The smallest absolute Gasteiger partial charge is 0.266 e. The number of carbonyl (C=O) groups excluding carboxylic acids is 1. The zero-order valence-corrected chi connectivity index (χ0v) is 11.2. The zero-order valence-electron chi connectivity index (χ0n) is 8.04. The van der Waals surface area contributed by atoms with E-state index in [0.717, 1.165) is 4.47 Å². The average Bonchev–Trinajstić information content (AvgIpc) is 2.68. The van der Waals surface area contributed by atoms with Gasteiger partial charge in [-0.3, -0.25) is 4.79 Å². The first-order valence-electron chi connectivity index (χ1n) is 4.47. The Labute approximate surface area is 110 Å². The second kappa shape index (κ2) is 4.99. The van der Waals surface area contributed by atoms with Crippen molar-refractivity contribution in [1.82, 2.24) is 0 Å². The molecule has 0 bridgehead atoms. The van der Waals surface area contributed by atoms with E-state index in [0.29, 0.717) is 15.6 Å². The molecule has 2 rings (SSSR count). The van der Waals surface area contributed by atoms with E-state index in [9.17, 15) is 4.79 Å². The van der Waals surface area contributed by atoms with Crippen molar-refractivity contribution in [2.24, 2.45) is 0 Å². The maximum atomic E-state index is 11.9. The quantitative estimate of drug-likeness (QED) is 0.873. The van der Waals surface area contributed by atoms with E-state index in [4.69, 9.17) is 11.6 Å². The van der Waals surface area contributed by atoms with Gasteiger partial charge in [0.1, 0.15) is 4.88 Å². The largest absolute Gasteiger partial charge is 0.320 e. The molecule has 1 N–H and O–H groups in total. The van der Waals surface area contributed by atoms with Gasteiger partial charge >= 0.3 is 0 Å². The number of benzene rings is 1. The van der Waals surface area contributed by atoms with E-state index in [1.54, 1.807) is 12.1 Å². The van der Waals surface area contributed by atoms with Crippen LogP contribution in [0.15, 0.2) is 40.2 Å². The molecule has 1 amide bonds. The Morgan fingerprint density at radius 1 is 1.31 bits per heavy atom. The van der Waals surface area contributed by atoms with Crippen LogP contribution in [0.1, 0.15) is 9.67 Å². The molecule has 1 aromatic carbocycles. The topological polar surface area (TPSA) is 29.1 Å². The molecular formula is C11H7BrClNOS. The van der Waals surface area contributed by atoms with Gasteiger partial charge in [0, 0.05) is 4.47 Å². The normalized spacial score (nSPS) is 10.1. The van der Waals surface area contributed by atoms with Crippen molar-refractivity contribution in [1.29, 1.82) is 0 Å². The van der Waals surface area contributed by atoms with Crippen molar-refractivity contribution in [3.8, 4) is 0 Å². The van der Waals surface area contributed by atoms with Gasteiger partial charge in [-0.1, -0.05) is 23.7 Å². The molecule has 0 saturated heterocycles. The van der Waals surface area contributed by atoms with E-state index < -0.39 is 0 Å². The molecule has 82 valence electrons.